The van der Waals surface area contributed by atoms with Crippen LogP contribution >= 0.6 is 12.2 Å². The number of rotatable bonds is 4. The summed E-state index contributed by atoms with van der Waals surface area (Å²) >= 11 is 5.15. The zero-order chi connectivity index (χ0) is 16.9. The minimum absolute atomic E-state index is 0.119. The van der Waals surface area contributed by atoms with Crippen molar-refractivity contribution in [2.75, 3.05) is 18.5 Å². The van der Waals surface area contributed by atoms with Gasteiger partial charge in [-0.3, -0.25) is 4.79 Å². The minimum atomic E-state index is -0.480. The van der Waals surface area contributed by atoms with Crippen molar-refractivity contribution < 1.29 is 14.3 Å². The van der Waals surface area contributed by atoms with E-state index in [1.807, 2.05) is 45.0 Å². The number of nitrogens with one attached hydrogen (secondary N) is 2. The molecule has 1 fully saturated rings. The average molecular weight is 336 g/mol. The van der Waals surface area contributed by atoms with Crippen LogP contribution in [0.25, 0.3) is 0 Å². The van der Waals surface area contributed by atoms with Crippen LogP contribution in [0.4, 0.5) is 5.69 Å². The number of hydrogen-bond acceptors (Lipinski definition) is 4. The lowest BCUT2D eigenvalue weighted by Crippen LogP contribution is -2.41. The van der Waals surface area contributed by atoms with Crippen molar-refractivity contribution in [1.29, 1.82) is 0 Å². The number of carbonyl (C=O) groups is 1. The highest BCUT2D eigenvalue weighted by atomic mass is 32.1. The Morgan fingerprint density at radius 3 is 2.61 bits per heavy atom. The van der Waals surface area contributed by atoms with Gasteiger partial charge in [-0.05, 0) is 49.3 Å². The molecule has 1 aromatic rings. The Morgan fingerprint density at radius 1 is 1.35 bits per heavy atom. The lowest BCUT2D eigenvalue weighted by atomic mass is 9.96. The van der Waals surface area contributed by atoms with Gasteiger partial charge in [-0.1, -0.05) is 20.8 Å². The first-order chi connectivity index (χ1) is 10.8. The fraction of sp³-hybridized carbons (Fsp3) is 0.529. The summed E-state index contributed by atoms with van der Waals surface area (Å²) in [6.07, 6.45) is 2.36. The first-order valence-electron chi connectivity index (χ1n) is 7.81. The highest BCUT2D eigenvalue weighted by molar-refractivity contribution is 7.80. The minimum Gasteiger partial charge on any atom is -0.491 e. The van der Waals surface area contributed by atoms with E-state index < -0.39 is 5.41 Å². The molecule has 1 aliphatic rings. The molecule has 1 heterocycles. The first kappa shape index (κ1) is 17.7. The Morgan fingerprint density at radius 2 is 2.04 bits per heavy atom. The highest BCUT2D eigenvalue weighted by Crippen LogP contribution is 2.18. The molecule has 1 atom stereocenters. The first-order valence-corrected chi connectivity index (χ1v) is 8.22. The van der Waals surface area contributed by atoms with Crippen LogP contribution in [0, 0.1) is 5.41 Å². The van der Waals surface area contributed by atoms with E-state index >= 15 is 0 Å². The molecule has 2 N–H and O–H groups in total. The molecule has 126 valence electrons. The van der Waals surface area contributed by atoms with Gasteiger partial charge in [0.05, 0.1) is 6.10 Å². The molecule has 0 saturated carbocycles. The second-order valence-electron chi connectivity index (χ2n) is 6.63. The number of ether oxygens (including phenoxy) is 2. The second-order valence-corrected chi connectivity index (χ2v) is 7.04. The van der Waals surface area contributed by atoms with Crippen LogP contribution in [0.5, 0.6) is 5.75 Å². The summed E-state index contributed by atoms with van der Waals surface area (Å²) < 4.78 is 11.2. The maximum Gasteiger partial charge on any atom is 0.231 e. The maximum atomic E-state index is 11.9. The fourth-order valence-corrected chi connectivity index (χ4v) is 2.26. The van der Waals surface area contributed by atoms with Crippen LogP contribution < -0.4 is 15.4 Å². The number of thiocarbonyl (C=S) groups is 1. The predicted molar refractivity (Wildman–Crippen MR) is 94.7 cm³/mol. The highest BCUT2D eigenvalue weighted by Gasteiger charge is 2.22. The van der Waals surface area contributed by atoms with E-state index in [9.17, 15) is 4.79 Å². The number of carbonyl (C=O) groups excluding carboxylic acids is 1. The third kappa shape index (κ3) is 5.80. The van der Waals surface area contributed by atoms with Gasteiger partial charge in [0, 0.05) is 17.7 Å². The summed E-state index contributed by atoms with van der Waals surface area (Å²) in [5, 5.41) is 5.96. The molecule has 1 saturated heterocycles. The van der Waals surface area contributed by atoms with Crippen LogP contribution in [-0.4, -0.2) is 30.3 Å². The zero-order valence-corrected chi connectivity index (χ0v) is 14.7. The van der Waals surface area contributed by atoms with E-state index in [-0.39, 0.29) is 17.1 Å². The summed E-state index contributed by atoms with van der Waals surface area (Å²) in [6.45, 7) is 6.92. The molecule has 5 nitrogen and oxygen atoms in total. The molecule has 1 aromatic carbocycles. The molecular formula is C17H24N2O3S. The van der Waals surface area contributed by atoms with Crippen molar-refractivity contribution in [3.8, 4) is 5.75 Å². The second kappa shape index (κ2) is 7.75. The molecule has 1 amide bonds. The number of benzene rings is 1. The van der Waals surface area contributed by atoms with Gasteiger partial charge in [-0.25, -0.2) is 0 Å². The van der Waals surface area contributed by atoms with Crippen LogP contribution in [-0.2, 0) is 9.53 Å². The summed E-state index contributed by atoms with van der Waals surface area (Å²) in [5.74, 6) is 0.669. The zero-order valence-electron chi connectivity index (χ0n) is 13.8. The van der Waals surface area contributed by atoms with Gasteiger partial charge >= 0.3 is 0 Å². The Bertz CT molecular complexity index is 546. The van der Waals surface area contributed by atoms with Crippen molar-refractivity contribution >= 4 is 28.9 Å². The fourth-order valence-electron chi connectivity index (χ4n) is 2.05. The van der Waals surface area contributed by atoms with Gasteiger partial charge in [0.25, 0.3) is 0 Å². The smallest absolute Gasteiger partial charge is 0.231 e. The van der Waals surface area contributed by atoms with E-state index in [1.54, 1.807) is 0 Å². The predicted octanol–water partition coefficient (Wildman–Crippen LogP) is 3.10. The average Bonchev–Trinajstić information content (AvgIpc) is 2.98. The van der Waals surface area contributed by atoms with Gasteiger partial charge in [0.15, 0.2) is 5.11 Å². The molecule has 0 radical (unpaired) electrons. The monoisotopic (exact) mass is 336 g/mol. The largest absolute Gasteiger partial charge is 0.491 e. The summed E-state index contributed by atoms with van der Waals surface area (Å²) in [5.41, 5.74) is 0.319. The summed E-state index contributed by atoms with van der Waals surface area (Å²) in [6, 6.07) is 7.46. The lowest BCUT2D eigenvalue weighted by molar-refractivity contribution is -0.126. The van der Waals surface area contributed by atoms with E-state index in [1.165, 1.54) is 0 Å². The molecule has 2 rings (SSSR count). The van der Waals surface area contributed by atoms with Crippen LogP contribution in [0.1, 0.15) is 33.6 Å². The Hall–Kier alpha value is -1.66. The standard InChI is InChI=1S/C17H24N2O3S/c1-17(2,3)15(20)19-16(23)18-12-6-8-13(9-7-12)22-11-14-5-4-10-21-14/h6-9,14H,4-5,10-11H2,1-3H3,(H2,18,19,20,23)/t14-/m0/s1. The number of hydrogen-bond donors (Lipinski definition) is 2. The molecule has 23 heavy (non-hydrogen) atoms. The van der Waals surface area contributed by atoms with Crippen molar-refractivity contribution in [2.24, 2.45) is 5.41 Å². The number of amides is 1. The third-order valence-corrected chi connectivity index (χ3v) is 3.68. The van der Waals surface area contributed by atoms with Gasteiger partial charge < -0.3 is 20.1 Å². The van der Waals surface area contributed by atoms with Crippen molar-refractivity contribution in [1.82, 2.24) is 5.32 Å². The van der Waals surface area contributed by atoms with Gasteiger partial charge in [0.1, 0.15) is 12.4 Å². The molecule has 0 bridgehead atoms. The SMILES string of the molecule is CC(C)(C)C(=O)NC(=S)Nc1ccc(OC[C@@H]2CCCO2)cc1. The van der Waals surface area contributed by atoms with E-state index in [2.05, 4.69) is 10.6 Å². The quantitative estimate of drug-likeness (QED) is 0.828. The van der Waals surface area contributed by atoms with E-state index in [0.29, 0.717) is 6.61 Å². The van der Waals surface area contributed by atoms with Gasteiger partial charge in [0.2, 0.25) is 5.91 Å². The van der Waals surface area contributed by atoms with Crippen LogP contribution in [0.3, 0.4) is 0 Å². The van der Waals surface area contributed by atoms with Gasteiger partial charge in [-0.2, -0.15) is 0 Å². The molecule has 6 heteroatoms. The van der Waals surface area contributed by atoms with Gasteiger partial charge in [-0.15, -0.1) is 0 Å². The van der Waals surface area contributed by atoms with Crippen LogP contribution in [0.15, 0.2) is 24.3 Å². The molecule has 0 spiro atoms. The summed E-state index contributed by atoms with van der Waals surface area (Å²) in [4.78, 5) is 11.9. The van der Waals surface area contributed by atoms with Crippen LogP contribution in [0.2, 0.25) is 0 Å². The Kier molecular flexibility index (Phi) is 5.96. The summed E-state index contributed by atoms with van der Waals surface area (Å²) in [7, 11) is 0. The lowest BCUT2D eigenvalue weighted by Gasteiger charge is -2.18. The van der Waals surface area contributed by atoms with Crippen molar-refractivity contribution in [3.63, 3.8) is 0 Å². The Labute approximate surface area is 142 Å². The number of anilines is 1. The molecule has 1 aliphatic heterocycles. The van der Waals surface area contributed by atoms with Crippen molar-refractivity contribution in [2.45, 2.75) is 39.7 Å². The Balaban J connectivity index is 1.79. The molecular weight excluding hydrogens is 312 g/mol. The van der Waals surface area contributed by atoms with E-state index in [0.717, 1.165) is 30.9 Å². The normalized spacial score (nSPS) is 17.6. The third-order valence-electron chi connectivity index (χ3n) is 3.48. The molecule has 0 unspecified atom stereocenters. The molecule has 0 aliphatic carbocycles. The van der Waals surface area contributed by atoms with Crippen molar-refractivity contribution in [3.05, 3.63) is 24.3 Å². The topological polar surface area (TPSA) is 59.6 Å². The molecule has 0 aromatic heterocycles. The maximum absolute atomic E-state index is 11.9. The van der Waals surface area contributed by atoms with E-state index in [4.69, 9.17) is 21.7 Å².